The molecule has 1 aromatic heterocycles. The van der Waals surface area contributed by atoms with E-state index in [2.05, 4.69) is 10.4 Å². The molecule has 0 saturated heterocycles. The Morgan fingerprint density at radius 2 is 2.23 bits per heavy atom. The first-order valence-electron chi connectivity index (χ1n) is 7.90. The first kappa shape index (κ1) is 15.2. The number of fused-ring (bicyclic) bond motifs is 1. The molecule has 1 amide bonds. The van der Waals surface area contributed by atoms with Crippen LogP contribution in [0, 0.1) is 5.92 Å². The maximum Gasteiger partial charge on any atom is 0.258 e. The molecule has 122 valence electrons. The SMILES string of the molecule is O=C(NCCC1CCC(F)(F)CC1)c1cnn2c1OCCC2. The molecule has 5 nitrogen and oxygen atoms in total. The van der Waals surface area contributed by atoms with Gasteiger partial charge in [0.25, 0.3) is 5.91 Å². The number of hydrogen-bond donors (Lipinski definition) is 1. The number of amides is 1. The Labute approximate surface area is 128 Å². The van der Waals surface area contributed by atoms with Crippen LogP contribution in [-0.2, 0) is 6.54 Å². The van der Waals surface area contributed by atoms with Crippen LogP contribution in [0.4, 0.5) is 8.78 Å². The Bertz CT molecular complexity index is 535. The van der Waals surface area contributed by atoms with Crippen LogP contribution in [0.2, 0.25) is 0 Å². The summed E-state index contributed by atoms with van der Waals surface area (Å²) in [7, 11) is 0. The van der Waals surface area contributed by atoms with E-state index in [1.54, 1.807) is 4.68 Å². The highest BCUT2D eigenvalue weighted by Crippen LogP contribution is 2.37. The summed E-state index contributed by atoms with van der Waals surface area (Å²) in [5.41, 5.74) is 0.454. The summed E-state index contributed by atoms with van der Waals surface area (Å²) in [5, 5.41) is 6.98. The topological polar surface area (TPSA) is 56.2 Å². The van der Waals surface area contributed by atoms with Crippen LogP contribution < -0.4 is 10.1 Å². The van der Waals surface area contributed by atoms with Crippen molar-refractivity contribution >= 4 is 5.91 Å². The zero-order valence-electron chi connectivity index (χ0n) is 12.5. The van der Waals surface area contributed by atoms with Gasteiger partial charge in [0.2, 0.25) is 11.8 Å². The fourth-order valence-electron chi connectivity index (χ4n) is 3.10. The van der Waals surface area contributed by atoms with Crippen LogP contribution >= 0.6 is 0 Å². The summed E-state index contributed by atoms with van der Waals surface area (Å²) in [4.78, 5) is 12.2. The monoisotopic (exact) mass is 313 g/mol. The Kier molecular flexibility index (Phi) is 4.31. The second-order valence-electron chi connectivity index (χ2n) is 6.13. The van der Waals surface area contributed by atoms with Crippen LogP contribution in [0.3, 0.4) is 0 Å². The number of ether oxygens (including phenoxy) is 1. The number of carbonyl (C=O) groups is 1. The standard InChI is InChI=1S/C15H21F2N3O2/c16-15(17)5-2-11(3-6-15)4-7-18-13(21)12-10-19-20-8-1-9-22-14(12)20/h10-11H,1-9H2,(H,18,21). The van der Waals surface area contributed by atoms with Crippen molar-refractivity contribution in [3.63, 3.8) is 0 Å². The molecule has 0 unspecified atom stereocenters. The van der Waals surface area contributed by atoms with Crippen molar-refractivity contribution in [1.82, 2.24) is 15.1 Å². The van der Waals surface area contributed by atoms with E-state index in [1.165, 1.54) is 6.20 Å². The third-order valence-electron chi connectivity index (χ3n) is 4.46. The first-order valence-corrected chi connectivity index (χ1v) is 7.90. The number of carbonyl (C=O) groups excluding carboxylic acids is 1. The van der Waals surface area contributed by atoms with E-state index in [9.17, 15) is 13.6 Å². The second kappa shape index (κ2) is 6.22. The van der Waals surface area contributed by atoms with Gasteiger partial charge in [-0.2, -0.15) is 5.10 Å². The smallest absolute Gasteiger partial charge is 0.258 e. The molecule has 7 heteroatoms. The summed E-state index contributed by atoms with van der Waals surface area (Å²) < 4.78 is 33.4. The number of rotatable bonds is 4. The average molecular weight is 313 g/mol. The molecule has 0 bridgehead atoms. The molecule has 0 atom stereocenters. The van der Waals surface area contributed by atoms with Gasteiger partial charge in [0, 0.05) is 32.4 Å². The Balaban J connectivity index is 1.46. The molecule has 1 saturated carbocycles. The predicted molar refractivity (Wildman–Crippen MR) is 76.2 cm³/mol. The highest BCUT2D eigenvalue weighted by Gasteiger charge is 2.34. The van der Waals surface area contributed by atoms with Gasteiger partial charge in [0.05, 0.1) is 12.8 Å². The van der Waals surface area contributed by atoms with E-state index in [0.717, 1.165) is 19.4 Å². The summed E-state index contributed by atoms with van der Waals surface area (Å²) in [5.74, 6) is -1.89. The lowest BCUT2D eigenvalue weighted by Crippen LogP contribution is -2.29. The maximum atomic E-state index is 13.1. The predicted octanol–water partition coefficient (Wildman–Crippen LogP) is 2.61. The van der Waals surface area contributed by atoms with Crippen molar-refractivity contribution in [1.29, 1.82) is 0 Å². The molecule has 0 aromatic carbocycles. The lowest BCUT2D eigenvalue weighted by atomic mass is 9.85. The Hall–Kier alpha value is -1.66. The Morgan fingerprint density at radius 1 is 1.45 bits per heavy atom. The van der Waals surface area contributed by atoms with Crippen LogP contribution in [-0.4, -0.2) is 34.8 Å². The number of nitrogens with zero attached hydrogens (tertiary/aromatic N) is 2. The molecule has 2 heterocycles. The van der Waals surface area contributed by atoms with Crippen molar-refractivity contribution in [2.75, 3.05) is 13.2 Å². The van der Waals surface area contributed by atoms with E-state index in [0.29, 0.717) is 37.4 Å². The van der Waals surface area contributed by atoms with E-state index in [1.807, 2.05) is 0 Å². The minimum absolute atomic E-state index is 0.0314. The van der Waals surface area contributed by atoms with Crippen LogP contribution in [0.1, 0.15) is 48.9 Å². The second-order valence-corrected chi connectivity index (χ2v) is 6.13. The summed E-state index contributed by atoms with van der Waals surface area (Å²) >= 11 is 0. The van der Waals surface area contributed by atoms with Gasteiger partial charge in [-0.25, -0.2) is 13.5 Å². The van der Waals surface area contributed by atoms with Crippen molar-refractivity contribution in [3.8, 4) is 5.88 Å². The third kappa shape index (κ3) is 3.39. The van der Waals surface area contributed by atoms with E-state index < -0.39 is 5.92 Å². The number of nitrogens with one attached hydrogen (secondary N) is 1. The Morgan fingerprint density at radius 3 is 3.00 bits per heavy atom. The first-order chi connectivity index (χ1) is 10.6. The number of aromatic nitrogens is 2. The average Bonchev–Trinajstić information content (AvgIpc) is 2.93. The van der Waals surface area contributed by atoms with Gasteiger partial charge in [-0.05, 0) is 25.2 Å². The lowest BCUT2D eigenvalue weighted by molar-refractivity contribution is -0.0464. The highest BCUT2D eigenvalue weighted by molar-refractivity contribution is 5.96. The van der Waals surface area contributed by atoms with Crippen molar-refractivity contribution < 1.29 is 18.3 Å². The minimum atomic E-state index is -2.49. The summed E-state index contributed by atoms with van der Waals surface area (Å²) in [6.45, 7) is 1.86. The number of aryl methyl sites for hydroxylation is 1. The number of alkyl halides is 2. The minimum Gasteiger partial charge on any atom is -0.477 e. The largest absolute Gasteiger partial charge is 0.477 e. The van der Waals surface area contributed by atoms with E-state index in [4.69, 9.17) is 4.74 Å². The van der Waals surface area contributed by atoms with Gasteiger partial charge in [-0.3, -0.25) is 4.79 Å². The third-order valence-corrected chi connectivity index (χ3v) is 4.46. The molecule has 1 fully saturated rings. The molecular weight excluding hydrogens is 292 g/mol. The van der Waals surface area contributed by atoms with Crippen LogP contribution in [0.15, 0.2) is 6.20 Å². The molecule has 1 N–H and O–H groups in total. The molecule has 0 radical (unpaired) electrons. The van der Waals surface area contributed by atoms with Gasteiger partial charge in [0.15, 0.2) is 0 Å². The number of halogens is 2. The lowest BCUT2D eigenvalue weighted by Gasteiger charge is -2.28. The van der Waals surface area contributed by atoms with Gasteiger partial charge in [-0.15, -0.1) is 0 Å². The summed E-state index contributed by atoms with van der Waals surface area (Å²) in [6.07, 6.45) is 4.17. The normalized spacial score (nSPS) is 21.0. The van der Waals surface area contributed by atoms with Crippen LogP contribution in [0.5, 0.6) is 5.88 Å². The fourth-order valence-corrected chi connectivity index (χ4v) is 3.10. The quantitative estimate of drug-likeness (QED) is 0.929. The summed E-state index contributed by atoms with van der Waals surface area (Å²) in [6, 6.07) is 0. The molecule has 3 rings (SSSR count). The van der Waals surface area contributed by atoms with Crippen LogP contribution in [0.25, 0.3) is 0 Å². The zero-order chi connectivity index (χ0) is 15.6. The van der Waals surface area contributed by atoms with Crippen molar-refractivity contribution in [2.45, 2.75) is 51.0 Å². The molecule has 0 spiro atoms. The van der Waals surface area contributed by atoms with E-state index >= 15 is 0 Å². The molecule has 2 aliphatic rings. The van der Waals surface area contributed by atoms with E-state index in [-0.39, 0.29) is 24.7 Å². The highest BCUT2D eigenvalue weighted by atomic mass is 19.3. The molecular formula is C15H21F2N3O2. The number of hydrogen-bond acceptors (Lipinski definition) is 3. The zero-order valence-corrected chi connectivity index (χ0v) is 12.5. The van der Waals surface area contributed by atoms with Gasteiger partial charge < -0.3 is 10.1 Å². The molecule has 1 aliphatic carbocycles. The molecule has 22 heavy (non-hydrogen) atoms. The van der Waals surface area contributed by atoms with Crippen molar-refractivity contribution in [3.05, 3.63) is 11.8 Å². The maximum absolute atomic E-state index is 13.1. The van der Waals surface area contributed by atoms with Gasteiger partial charge >= 0.3 is 0 Å². The fraction of sp³-hybridized carbons (Fsp3) is 0.733. The van der Waals surface area contributed by atoms with Gasteiger partial charge in [0.1, 0.15) is 5.56 Å². The van der Waals surface area contributed by atoms with Crippen molar-refractivity contribution in [2.24, 2.45) is 5.92 Å². The molecule has 1 aromatic rings. The van der Waals surface area contributed by atoms with Gasteiger partial charge in [-0.1, -0.05) is 0 Å². The molecule has 1 aliphatic heterocycles.